The fraction of sp³-hybridized carbons (Fsp3) is 0.240. The Labute approximate surface area is 185 Å². The summed E-state index contributed by atoms with van der Waals surface area (Å²) in [5.74, 6) is 2.34. The first-order valence-corrected chi connectivity index (χ1v) is 11.2. The van der Waals surface area contributed by atoms with Gasteiger partial charge in [-0.2, -0.15) is 0 Å². The molecule has 0 spiro atoms. The molecule has 0 saturated heterocycles. The van der Waals surface area contributed by atoms with Gasteiger partial charge in [0.2, 0.25) is 0 Å². The Morgan fingerprint density at radius 3 is 2.58 bits per heavy atom. The smallest absolute Gasteiger partial charge is 0.167 e. The third-order valence-corrected chi connectivity index (χ3v) is 6.69. The second-order valence-corrected chi connectivity index (χ2v) is 8.57. The minimum absolute atomic E-state index is 0.139. The number of hydrogen-bond acceptors (Lipinski definition) is 6. The third-order valence-electron chi connectivity index (χ3n) is 5.77. The molecule has 4 aromatic rings. The van der Waals surface area contributed by atoms with Crippen molar-refractivity contribution in [1.82, 2.24) is 10.1 Å². The first-order valence-electron chi connectivity index (χ1n) is 10.3. The van der Waals surface area contributed by atoms with Gasteiger partial charge in [0.05, 0.1) is 26.0 Å². The number of fused-ring (bicyclic) bond motifs is 1. The van der Waals surface area contributed by atoms with Gasteiger partial charge in [0.15, 0.2) is 17.3 Å². The number of hydrogen-bond donors (Lipinski definition) is 0. The molecule has 6 heteroatoms. The van der Waals surface area contributed by atoms with Gasteiger partial charge < -0.3 is 14.0 Å². The highest BCUT2D eigenvalue weighted by molar-refractivity contribution is 7.10. The molecule has 0 unspecified atom stereocenters. The van der Waals surface area contributed by atoms with Crippen LogP contribution in [-0.2, 0) is 13.0 Å². The molecule has 1 aliphatic rings. The molecular formula is C25H24N2O3S. The maximum Gasteiger partial charge on any atom is 0.167 e. The maximum atomic E-state index is 5.64. The molecule has 0 bridgehead atoms. The molecular weight excluding hydrogens is 408 g/mol. The molecule has 2 aromatic carbocycles. The average Bonchev–Trinajstić information content (AvgIpc) is 3.51. The van der Waals surface area contributed by atoms with Gasteiger partial charge in [-0.25, -0.2) is 0 Å². The van der Waals surface area contributed by atoms with E-state index in [1.54, 1.807) is 25.6 Å². The van der Waals surface area contributed by atoms with Crippen molar-refractivity contribution >= 4 is 11.3 Å². The van der Waals surface area contributed by atoms with E-state index in [2.05, 4.69) is 39.7 Å². The Kier molecular flexibility index (Phi) is 5.49. The van der Waals surface area contributed by atoms with Gasteiger partial charge in [-0.15, -0.1) is 11.3 Å². The Bertz CT molecular complexity index is 1150. The molecule has 2 aromatic heterocycles. The van der Waals surface area contributed by atoms with E-state index in [9.17, 15) is 0 Å². The number of methoxy groups -OCH3 is 2. The van der Waals surface area contributed by atoms with Crippen molar-refractivity contribution in [3.8, 4) is 22.8 Å². The van der Waals surface area contributed by atoms with Crippen molar-refractivity contribution in [2.24, 2.45) is 0 Å². The molecule has 0 N–H and O–H groups in total. The number of benzene rings is 2. The summed E-state index contributed by atoms with van der Waals surface area (Å²) < 4.78 is 16.8. The predicted octanol–water partition coefficient (Wildman–Crippen LogP) is 5.57. The summed E-state index contributed by atoms with van der Waals surface area (Å²) in [5, 5.41) is 6.49. The fourth-order valence-electron chi connectivity index (χ4n) is 4.28. The molecule has 0 amide bonds. The van der Waals surface area contributed by atoms with Crippen molar-refractivity contribution < 1.29 is 14.0 Å². The lowest BCUT2D eigenvalue weighted by Crippen LogP contribution is -2.35. The summed E-state index contributed by atoms with van der Waals surface area (Å²) in [4.78, 5) is 3.77. The van der Waals surface area contributed by atoms with E-state index in [1.165, 1.54) is 16.0 Å². The van der Waals surface area contributed by atoms with E-state index in [-0.39, 0.29) is 6.04 Å². The Morgan fingerprint density at radius 2 is 1.84 bits per heavy atom. The molecule has 0 aliphatic carbocycles. The fourth-order valence-corrected chi connectivity index (χ4v) is 5.16. The number of nitrogens with zero attached hydrogens (tertiary/aromatic N) is 2. The lowest BCUT2D eigenvalue weighted by atomic mass is 9.90. The zero-order valence-electron chi connectivity index (χ0n) is 17.6. The lowest BCUT2D eigenvalue weighted by Gasteiger charge is -2.37. The van der Waals surface area contributed by atoms with Crippen LogP contribution in [0.1, 0.15) is 27.7 Å². The van der Waals surface area contributed by atoms with Crippen molar-refractivity contribution in [1.29, 1.82) is 0 Å². The minimum atomic E-state index is 0.139. The zero-order chi connectivity index (χ0) is 21.2. The van der Waals surface area contributed by atoms with Gasteiger partial charge in [0.1, 0.15) is 0 Å². The minimum Gasteiger partial charge on any atom is -0.493 e. The van der Waals surface area contributed by atoms with Crippen molar-refractivity contribution in [2.75, 3.05) is 20.8 Å². The quantitative estimate of drug-likeness (QED) is 0.399. The van der Waals surface area contributed by atoms with Gasteiger partial charge in [0.25, 0.3) is 0 Å². The molecule has 1 atom stereocenters. The van der Waals surface area contributed by atoms with Gasteiger partial charge in [-0.05, 0) is 41.1 Å². The Hall–Kier alpha value is -3.09. The third kappa shape index (κ3) is 3.84. The van der Waals surface area contributed by atoms with E-state index in [0.29, 0.717) is 6.54 Å². The maximum absolute atomic E-state index is 5.64. The summed E-state index contributed by atoms with van der Waals surface area (Å²) >= 11 is 1.78. The first-order chi connectivity index (χ1) is 15.3. The highest BCUT2D eigenvalue weighted by atomic mass is 32.1. The summed E-state index contributed by atoms with van der Waals surface area (Å²) in [5.41, 5.74) is 4.54. The van der Waals surface area contributed by atoms with Crippen molar-refractivity contribution in [2.45, 2.75) is 19.0 Å². The second kappa shape index (κ2) is 8.57. The van der Waals surface area contributed by atoms with Gasteiger partial charge in [-0.3, -0.25) is 4.90 Å². The highest BCUT2D eigenvalue weighted by Gasteiger charge is 2.31. The largest absolute Gasteiger partial charge is 0.493 e. The Balaban J connectivity index is 1.49. The molecule has 0 fully saturated rings. The SMILES string of the molecule is COc1cc2c(cc1OC)[C@H](c1cccs1)N(Cc1cc(-c3ccccc3)on1)CC2. The lowest BCUT2D eigenvalue weighted by molar-refractivity contribution is 0.200. The molecule has 5 rings (SSSR count). The number of rotatable bonds is 6. The van der Waals surface area contributed by atoms with Crippen LogP contribution in [0.5, 0.6) is 11.5 Å². The number of aromatic nitrogens is 1. The van der Waals surface area contributed by atoms with Crippen LogP contribution in [0.25, 0.3) is 11.3 Å². The molecule has 1 aliphatic heterocycles. The molecule has 0 radical (unpaired) electrons. The predicted molar refractivity (Wildman–Crippen MR) is 122 cm³/mol. The summed E-state index contributed by atoms with van der Waals surface area (Å²) in [7, 11) is 3.37. The van der Waals surface area contributed by atoms with Crippen LogP contribution >= 0.6 is 11.3 Å². The average molecular weight is 433 g/mol. The standard InChI is InChI=1S/C25H24N2O3S/c1-28-22-13-18-10-11-27(16-19-14-21(30-26-19)17-7-4-3-5-8-17)25(24-9-6-12-31-24)20(18)15-23(22)29-2/h3-9,12-15,25H,10-11,16H2,1-2H3/t25-/m1/s1. The highest BCUT2D eigenvalue weighted by Crippen LogP contribution is 2.42. The number of ether oxygens (including phenoxy) is 2. The summed E-state index contributed by atoms with van der Waals surface area (Å²) in [6, 6.07) is 20.8. The second-order valence-electron chi connectivity index (χ2n) is 7.59. The Morgan fingerprint density at radius 1 is 1.03 bits per heavy atom. The van der Waals surface area contributed by atoms with E-state index in [1.807, 2.05) is 36.4 Å². The van der Waals surface area contributed by atoms with E-state index >= 15 is 0 Å². The topological polar surface area (TPSA) is 47.7 Å². The molecule has 5 nitrogen and oxygen atoms in total. The van der Waals surface area contributed by atoms with Crippen LogP contribution in [0.15, 0.2) is 70.6 Å². The van der Waals surface area contributed by atoms with Crippen LogP contribution in [0.2, 0.25) is 0 Å². The molecule has 31 heavy (non-hydrogen) atoms. The van der Waals surface area contributed by atoms with Crippen molar-refractivity contribution in [3.63, 3.8) is 0 Å². The first kappa shape index (κ1) is 19.8. The van der Waals surface area contributed by atoms with E-state index in [4.69, 9.17) is 14.0 Å². The zero-order valence-corrected chi connectivity index (χ0v) is 18.4. The molecule has 158 valence electrons. The van der Waals surface area contributed by atoms with E-state index < -0.39 is 0 Å². The van der Waals surface area contributed by atoms with Crippen molar-refractivity contribution in [3.05, 3.63) is 87.7 Å². The summed E-state index contributed by atoms with van der Waals surface area (Å²) in [6.45, 7) is 1.64. The van der Waals surface area contributed by atoms with Crippen LogP contribution in [0, 0.1) is 0 Å². The van der Waals surface area contributed by atoms with Crippen LogP contribution in [-0.4, -0.2) is 30.8 Å². The van der Waals surface area contributed by atoms with Crippen LogP contribution in [0.3, 0.4) is 0 Å². The number of thiophene rings is 1. The van der Waals surface area contributed by atoms with Gasteiger partial charge in [-0.1, -0.05) is 41.6 Å². The summed E-state index contributed by atoms with van der Waals surface area (Å²) in [6.07, 6.45) is 0.945. The monoisotopic (exact) mass is 432 g/mol. The molecule has 3 heterocycles. The van der Waals surface area contributed by atoms with E-state index in [0.717, 1.165) is 41.5 Å². The van der Waals surface area contributed by atoms with Crippen LogP contribution in [0.4, 0.5) is 0 Å². The van der Waals surface area contributed by atoms with Gasteiger partial charge in [0, 0.05) is 29.6 Å². The molecule has 0 saturated carbocycles. The van der Waals surface area contributed by atoms with Gasteiger partial charge >= 0.3 is 0 Å². The normalized spacial score (nSPS) is 16.1. The van der Waals surface area contributed by atoms with Crippen LogP contribution < -0.4 is 9.47 Å².